The van der Waals surface area contributed by atoms with E-state index in [0.717, 1.165) is 16.6 Å². The first-order valence-corrected chi connectivity index (χ1v) is 7.04. The van der Waals surface area contributed by atoms with Gasteiger partial charge in [-0.25, -0.2) is 0 Å². The van der Waals surface area contributed by atoms with Crippen molar-refractivity contribution in [1.82, 2.24) is 4.90 Å². The van der Waals surface area contributed by atoms with E-state index in [2.05, 4.69) is 15.9 Å². The topological polar surface area (TPSA) is 49.8 Å². The van der Waals surface area contributed by atoms with Gasteiger partial charge >= 0.3 is 5.97 Å². The number of hydrogen-bond acceptors (Lipinski definition) is 3. The minimum atomic E-state index is -0.838. The molecule has 1 N–H and O–H groups in total. The Kier molecular flexibility index (Phi) is 6.62. The van der Waals surface area contributed by atoms with Crippen molar-refractivity contribution in [2.24, 2.45) is 0 Å². The third-order valence-electron chi connectivity index (χ3n) is 2.48. The van der Waals surface area contributed by atoms with Crippen molar-refractivity contribution in [2.75, 3.05) is 27.2 Å². The molecule has 0 amide bonds. The number of hydrogen-bond donors (Lipinski definition) is 1. The van der Waals surface area contributed by atoms with E-state index in [4.69, 9.17) is 21.4 Å². The summed E-state index contributed by atoms with van der Waals surface area (Å²) in [5.74, 6) is -0.164. The lowest BCUT2D eigenvalue weighted by Gasteiger charge is -2.15. The molecule has 0 bridgehead atoms. The second kappa shape index (κ2) is 7.72. The van der Waals surface area contributed by atoms with E-state index in [-0.39, 0.29) is 6.42 Å². The second-order valence-corrected chi connectivity index (χ2v) is 5.71. The fourth-order valence-corrected chi connectivity index (χ4v) is 2.52. The zero-order chi connectivity index (χ0) is 14.4. The van der Waals surface area contributed by atoms with E-state index in [1.807, 2.05) is 19.0 Å². The van der Waals surface area contributed by atoms with Crippen LogP contribution < -0.4 is 4.74 Å². The van der Waals surface area contributed by atoms with Crippen molar-refractivity contribution in [2.45, 2.75) is 12.8 Å². The number of aryl methyl sites for hydroxylation is 1. The van der Waals surface area contributed by atoms with Gasteiger partial charge in [-0.2, -0.15) is 0 Å². The Morgan fingerprint density at radius 1 is 1.47 bits per heavy atom. The summed E-state index contributed by atoms with van der Waals surface area (Å²) in [5.41, 5.74) is 0.806. The number of ether oxygens (including phenoxy) is 1. The van der Waals surface area contributed by atoms with Crippen molar-refractivity contribution in [1.29, 1.82) is 0 Å². The summed E-state index contributed by atoms with van der Waals surface area (Å²) in [7, 11) is 3.93. The van der Waals surface area contributed by atoms with Gasteiger partial charge in [0.15, 0.2) is 0 Å². The number of carbonyl (C=O) groups is 1. The summed E-state index contributed by atoms with van der Waals surface area (Å²) in [6.45, 7) is 1.32. The van der Waals surface area contributed by atoms with Gasteiger partial charge < -0.3 is 14.7 Å². The fourth-order valence-electron chi connectivity index (χ4n) is 1.53. The van der Waals surface area contributed by atoms with E-state index in [0.29, 0.717) is 23.8 Å². The number of halogens is 2. The Morgan fingerprint density at radius 2 is 2.16 bits per heavy atom. The Hall–Kier alpha value is -0.780. The van der Waals surface area contributed by atoms with Gasteiger partial charge in [-0.3, -0.25) is 4.79 Å². The molecule has 0 aliphatic heterocycles. The van der Waals surface area contributed by atoms with Crippen LogP contribution in [0.15, 0.2) is 16.6 Å². The smallest absolute Gasteiger partial charge is 0.303 e. The van der Waals surface area contributed by atoms with Crippen LogP contribution in [0.2, 0.25) is 5.02 Å². The van der Waals surface area contributed by atoms with Crippen LogP contribution >= 0.6 is 27.5 Å². The third-order valence-corrected chi connectivity index (χ3v) is 3.29. The molecule has 0 atom stereocenters. The molecule has 1 aromatic carbocycles. The molecular weight excluding hydrogens is 334 g/mol. The van der Waals surface area contributed by atoms with Gasteiger partial charge in [0, 0.05) is 18.0 Å². The van der Waals surface area contributed by atoms with Crippen molar-refractivity contribution >= 4 is 33.5 Å². The molecule has 0 saturated carbocycles. The van der Waals surface area contributed by atoms with Crippen LogP contribution in [0.25, 0.3) is 0 Å². The maximum Gasteiger partial charge on any atom is 0.303 e. The van der Waals surface area contributed by atoms with Crippen LogP contribution in [0.1, 0.15) is 12.0 Å². The molecule has 0 aromatic heterocycles. The molecule has 0 unspecified atom stereocenters. The van der Waals surface area contributed by atoms with Crippen LogP contribution in [-0.4, -0.2) is 43.2 Å². The zero-order valence-electron chi connectivity index (χ0n) is 10.9. The molecule has 0 aliphatic carbocycles. The quantitative estimate of drug-likeness (QED) is 0.821. The highest BCUT2D eigenvalue weighted by Gasteiger charge is 2.12. The third kappa shape index (κ3) is 5.80. The van der Waals surface area contributed by atoms with Gasteiger partial charge in [0.25, 0.3) is 0 Å². The number of nitrogens with zero attached hydrogens (tertiary/aromatic N) is 1. The van der Waals surface area contributed by atoms with Gasteiger partial charge in [-0.1, -0.05) is 11.6 Å². The molecule has 0 heterocycles. The number of carboxylic acids is 1. The fraction of sp³-hybridized carbons (Fsp3) is 0.462. The molecule has 1 rings (SSSR count). The number of aliphatic carboxylic acids is 1. The Balaban J connectivity index is 2.83. The van der Waals surface area contributed by atoms with Crippen LogP contribution in [-0.2, 0) is 11.2 Å². The predicted molar refractivity (Wildman–Crippen MR) is 79.2 cm³/mol. The number of benzene rings is 1. The molecule has 6 heteroatoms. The molecule has 0 fully saturated rings. The minimum Gasteiger partial charge on any atom is -0.491 e. The summed E-state index contributed by atoms with van der Waals surface area (Å²) >= 11 is 9.38. The normalized spacial score (nSPS) is 10.8. The lowest BCUT2D eigenvalue weighted by atomic mass is 10.1. The molecular formula is C13H17BrClNO3. The number of carboxylic acid groups (broad SMARTS) is 1. The maximum absolute atomic E-state index is 10.7. The first-order chi connectivity index (χ1) is 8.90. The van der Waals surface area contributed by atoms with E-state index >= 15 is 0 Å². The van der Waals surface area contributed by atoms with Gasteiger partial charge in [0.2, 0.25) is 0 Å². The summed E-state index contributed by atoms with van der Waals surface area (Å²) in [6.07, 6.45) is 0.447. The second-order valence-electron chi connectivity index (χ2n) is 4.42. The minimum absolute atomic E-state index is 0.0524. The van der Waals surface area contributed by atoms with E-state index in [9.17, 15) is 4.79 Å². The van der Waals surface area contributed by atoms with Gasteiger partial charge in [0.05, 0.1) is 4.47 Å². The van der Waals surface area contributed by atoms with Crippen LogP contribution in [0.3, 0.4) is 0 Å². The van der Waals surface area contributed by atoms with Crippen LogP contribution in [0.4, 0.5) is 0 Å². The molecule has 0 saturated heterocycles. The summed E-state index contributed by atoms with van der Waals surface area (Å²) in [4.78, 5) is 12.7. The monoisotopic (exact) mass is 349 g/mol. The lowest BCUT2D eigenvalue weighted by Crippen LogP contribution is -2.20. The van der Waals surface area contributed by atoms with Crippen molar-refractivity contribution in [3.8, 4) is 5.75 Å². The Morgan fingerprint density at radius 3 is 2.74 bits per heavy atom. The first kappa shape index (κ1) is 16.3. The molecule has 19 heavy (non-hydrogen) atoms. The molecule has 106 valence electrons. The SMILES string of the molecule is CN(C)CCOc1c(Br)cc(Cl)cc1CCC(=O)O. The highest BCUT2D eigenvalue weighted by molar-refractivity contribution is 9.10. The molecule has 1 aromatic rings. The average Bonchev–Trinajstić information content (AvgIpc) is 2.28. The van der Waals surface area contributed by atoms with E-state index < -0.39 is 5.97 Å². The number of likely N-dealkylation sites (N-methyl/N-ethyl adjacent to an activating group) is 1. The highest BCUT2D eigenvalue weighted by Crippen LogP contribution is 2.33. The summed E-state index contributed by atoms with van der Waals surface area (Å²) < 4.78 is 6.48. The molecule has 0 aliphatic rings. The van der Waals surface area contributed by atoms with Gasteiger partial charge in [-0.05, 0) is 54.1 Å². The maximum atomic E-state index is 10.7. The van der Waals surface area contributed by atoms with E-state index in [1.165, 1.54) is 0 Å². The summed E-state index contributed by atoms with van der Waals surface area (Å²) in [6, 6.07) is 3.50. The molecule has 0 spiro atoms. The molecule has 0 radical (unpaired) electrons. The average molecular weight is 351 g/mol. The molecule has 4 nitrogen and oxygen atoms in total. The van der Waals surface area contributed by atoms with E-state index in [1.54, 1.807) is 12.1 Å². The lowest BCUT2D eigenvalue weighted by molar-refractivity contribution is -0.136. The number of rotatable bonds is 7. The predicted octanol–water partition coefficient (Wildman–Crippen LogP) is 3.06. The first-order valence-electron chi connectivity index (χ1n) is 5.87. The largest absolute Gasteiger partial charge is 0.491 e. The van der Waals surface area contributed by atoms with Crippen LogP contribution in [0, 0.1) is 0 Å². The standard InChI is InChI=1S/C13H17BrClNO3/c1-16(2)5-6-19-13-9(3-4-12(17)18)7-10(15)8-11(13)14/h7-8H,3-6H2,1-2H3,(H,17,18). The van der Waals surface area contributed by atoms with Gasteiger partial charge in [0.1, 0.15) is 12.4 Å². The van der Waals surface area contributed by atoms with Crippen molar-refractivity contribution in [3.63, 3.8) is 0 Å². The Labute approximate surface area is 126 Å². The summed E-state index contributed by atoms with van der Waals surface area (Å²) in [5, 5.41) is 9.32. The van der Waals surface area contributed by atoms with Crippen LogP contribution in [0.5, 0.6) is 5.75 Å². The van der Waals surface area contributed by atoms with Crippen molar-refractivity contribution in [3.05, 3.63) is 27.2 Å². The van der Waals surface area contributed by atoms with Crippen molar-refractivity contribution < 1.29 is 14.6 Å². The Bertz CT molecular complexity index is 452. The zero-order valence-corrected chi connectivity index (χ0v) is 13.3. The highest BCUT2D eigenvalue weighted by atomic mass is 79.9. The van der Waals surface area contributed by atoms with Gasteiger partial charge in [-0.15, -0.1) is 0 Å².